The highest BCUT2D eigenvalue weighted by Gasteiger charge is 2.19. The monoisotopic (exact) mass is 452 g/mol. The minimum Gasteiger partial charge on any atom is -0.403 e. The third-order valence-electron chi connectivity index (χ3n) is 4.27. The quantitative estimate of drug-likeness (QED) is 0.399. The van der Waals surface area contributed by atoms with Crippen molar-refractivity contribution in [3.05, 3.63) is 93.2 Å². The van der Waals surface area contributed by atoms with E-state index in [9.17, 15) is 0 Å². The molecule has 0 saturated heterocycles. The van der Waals surface area contributed by atoms with Crippen LogP contribution in [-0.4, -0.2) is 11.4 Å². The van der Waals surface area contributed by atoms with Crippen LogP contribution in [-0.2, 0) is 11.3 Å². The van der Waals surface area contributed by atoms with Crippen LogP contribution in [0.25, 0.3) is 10.1 Å². The maximum Gasteiger partial charge on any atom is 0.102 e. The lowest BCUT2D eigenvalue weighted by molar-refractivity contribution is 0.0294. The van der Waals surface area contributed by atoms with E-state index in [4.69, 9.17) is 45.3 Å². The van der Waals surface area contributed by atoms with Crippen molar-refractivity contribution in [2.75, 3.05) is 6.54 Å². The standard InChI is InChI=1S/C21H19Cl3N2OS/c1-2-26(9-8-25)11-20(17-7-6-15(22)10-19(17)24)27-12-14-13-28-21-16(14)4-3-5-18(21)23/h2-10,13,20H,1,11-12,25H2/b9-8-/t20-/m0/s1. The van der Waals surface area contributed by atoms with Gasteiger partial charge in [0, 0.05) is 28.0 Å². The minimum atomic E-state index is -0.312. The number of nitrogens with zero attached hydrogens (tertiary/aromatic N) is 1. The van der Waals surface area contributed by atoms with Crippen LogP contribution in [0.3, 0.4) is 0 Å². The smallest absolute Gasteiger partial charge is 0.102 e. The molecule has 0 aliphatic carbocycles. The van der Waals surface area contributed by atoms with Gasteiger partial charge in [-0.05, 0) is 40.7 Å². The maximum atomic E-state index is 6.44. The molecule has 1 atom stereocenters. The average Bonchev–Trinajstić information content (AvgIpc) is 3.09. The van der Waals surface area contributed by atoms with Crippen LogP contribution >= 0.6 is 46.1 Å². The van der Waals surface area contributed by atoms with Gasteiger partial charge in [0.25, 0.3) is 0 Å². The molecule has 1 aromatic heterocycles. The van der Waals surface area contributed by atoms with Crippen molar-refractivity contribution in [1.29, 1.82) is 0 Å². The zero-order chi connectivity index (χ0) is 20.1. The van der Waals surface area contributed by atoms with Gasteiger partial charge >= 0.3 is 0 Å². The Hall–Kier alpha value is -1.69. The molecule has 28 heavy (non-hydrogen) atoms. The van der Waals surface area contributed by atoms with Crippen molar-refractivity contribution >= 4 is 56.2 Å². The van der Waals surface area contributed by atoms with E-state index in [-0.39, 0.29) is 6.10 Å². The Morgan fingerprint density at radius 2 is 2.00 bits per heavy atom. The first-order valence-electron chi connectivity index (χ1n) is 8.51. The van der Waals surface area contributed by atoms with Gasteiger partial charge in [-0.3, -0.25) is 0 Å². The predicted octanol–water partition coefficient (Wildman–Crippen LogP) is 6.99. The molecule has 3 aromatic rings. The zero-order valence-corrected chi connectivity index (χ0v) is 18.0. The van der Waals surface area contributed by atoms with Gasteiger partial charge in [0.05, 0.1) is 22.9 Å². The topological polar surface area (TPSA) is 38.5 Å². The molecular formula is C21H19Cl3N2OS. The summed E-state index contributed by atoms with van der Waals surface area (Å²) in [7, 11) is 0. The van der Waals surface area contributed by atoms with Crippen LogP contribution < -0.4 is 5.73 Å². The van der Waals surface area contributed by atoms with E-state index in [1.165, 1.54) is 6.20 Å². The van der Waals surface area contributed by atoms with Crippen LogP contribution in [0.5, 0.6) is 0 Å². The number of benzene rings is 2. The van der Waals surface area contributed by atoms with E-state index in [1.807, 2.05) is 29.2 Å². The van der Waals surface area contributed by atoms with Gasteiger partial charge in [-0.1, -0.05) is 59.6 Å². The van der Waals surface area contributed by atoms with Gasteiger partial charge in [-0.2, -0.15) is 0 Å². The van der Waals surface area contributed by atoms with Crippen molar-refractivity contribution in [3.8, 4) is 0 Å². The molecule has 0 aliphatic heterocycles. The molecule has 0 amide bonds. The maximum absolute atomic E-state index is 6.44. The van der Waals surface area contributed by atoms with Crippen molar-refractivity contribution in [2.45, 2.75) is 12.7 Å². The molecular weight excluding hydrogens is 435 g/mol. The summed E-state index contributed by atoms with van der Waals surface area (Å²) >= 11 is 20.4. The molecule has 0 saturated carbocycles. The SMILES string of the molecule is C=CN(/C=C\N)C[C@H](OCc1csc2c(Cl)cccc12)c1ccc(Cl)cc1Cl. The fourth-order valence-corrected chi connectivity index (χ4v) is 4.68. The summed E-state index contributed by atoms with van der Waals surface area (Å²) in [5, 5.41) is 5.05. The van der Waals surface area contributed by atoms with Crippen molar-refractivity contribution in [2.24, 2.45) is 5.73 Å². The van der Waals surface area contributed by atoms with Crippen molar-refractivity contribution in [1.82, 2.24) is 4.90 Å². The molecule has 1 heterocycles. The van der Waals surface area contributed by atoms with Gasteiger partial charge in [0.1, 0.15) is 6.10 Å². The molecule has 3 nitrogen and oxygen atoms in total. The molecule has 2 aromatic carbocycles. The Balaban J connectivity index is 1.87. The Morgan fingerprint density at radius 3 is 2.71 bits per heavy atom. The molecule has 2 N–H and O–H groups in total. The van der Waals surface area contributed by atoms with E-state index < -0.39 is 0 Å². The zero-order valence-electron chi connectivity index (χ0n) is 14.9. The highest BCUT2D eigenvalue weighted by molar-refractivity contribution is 7.18. The average molecular weight is 454 g/mol. The lowest BCUT2D eigenvalue weighted by atomic mass is 10.1. The normalized spacial score (nSPS) is 12.5. The minimum absolute atomic E-state index is 0.312. The number of thiophene rings is 1. The summed E-state index contributed by atoms with van der Waals surface area (Å²) in [6.45, 7) is 4.74. The van der Waals surface area contributed by atoms with Crippen LogP contribution in [0.1, 0.15) is 17.2 Å². The molecule has 0 aliphatic rings. The number of nitrogens with two attached hydrogens (primary N) is 1. The number of hydrogen-bond donors (Lipinski definition) is 1. The van der Waals surface area contributed by atoms with Crippen LogP contribution in [0.2, 0.25) is 15.1 Å². The van der Waals surface area contributed by atoms with Crippen LogP contribution in [0.15, 0.2) is 67.0 Å². The second-order valence-electron chi connectivity index (χ2n) is 6.06. The van der Waals surface area contributed by atoms with Gasteiger partial charge in [0.15, 0.2) is 0 Å². The lowest BCUT2D eigenvalue weighted by Crippen LogP contribution is -2.21. The van der Waals surface area contributed by atoms with E-state index >= 15 is 0 Å². The highest BCUT2D eigenvalue weighted by Crippen LogP contribution is 2.34. The molecule has 0 radical (unpaired) electrons. The van der Waals surface area contributed by atoms with Gasteiger partial charge < -0.3 is 15.4 Å². The van der Waals surface area contributed by atoms with Gasteiger partial charge in [0.2, 0.25) is 0 Å². The third kappa shape index (κ3) is 4.83. The van der Waals surface area contributed by atoms with E-state index in [0.717, 1.165) is 26.2 Å². The van der Waals surface area contributed by atoms with Crippen molar-refractivity contribution in [3.63, 3.8) is 0 Å². The summed E-state index contributed by atoms with van der Waals surface area (Å²) in [5.74, 6) is 0. The Bertz CT molecular complexity index is 1000. The van der Waals surface area contributed by atoms with Gasteiger partial charge in [-0.15, -0.1) is 11.3 Å². The third-order valence-corrected chi connectivity index (χ3v) is 6.34. The first-order chi connectivity index (χ1) is 13.5. The molecule has 0 unspecified atom stereocenters. The fourth-order valence-electron chi connectivity index (χ4n) is 2.88. The molecule has 3 rings (SSSR count). The first-order valence-corrected chi connectivity index (χ1v) is 10.5. The number of halogens is 3. The number of ether oxygens (including phenoxy) is 1. The number of fused-ring (bicyclic) bond motifs is 1. The summed E-state index contributed by atoms with van der Waals surface area (Å²) in [5.41, 5.74) is 7.46. The summed E-state index contributed by atoms with van der Waals surface area (Å²) in [4.78, 5) is 1.85. The van der Waals surface area contributed by atoms with E-state index in [2.05, 4.69) is 12.0 Å². The van der Waals surface area contributed by atoms with E-state index in [1.54, 1.807) is 35.9 Å². The van der Waals surface area contributed by atoms with Crippen LogP contribution in [0, 0.1) is 0 Å². The fraction of sp³-hybridized carbons (Fsp3) is 0.143. The van der Waals surface area contributed by atoms with E-state index in [0.29, 0.717) is 23.2 Å². The predicted molar refractivity (Wildman–Crippen MR) is 121 cm³/mol. The second kappa shape index (κ2) is 9.68. The van der Waals surface area contributed by atoms with Crippen LogP contribution in [0.4, 0.5) is 0 Å². The summed E-state index contributed by atoms with van der Waals surface area (Å²) < 4.78 is 7.35. The Morgan fingerprint density at radius 1 is 1.18 bits per heavy atom. The first kappa shape index (κ1) is 21.0. The molecule has 0 fully saturated rings. The lowest BCUT2D eigenvalue weighted by Gasteiger charge is -2.25. The number of hydrogen-bond acceptors (Lipinski definition) is 4. The molecule has 0 spiro atoms. The number of rotatable bonds is 8. The van der Waals surface area contributed by atoms with Crippen molar-refractivity contribution < 1.29 is 4.74 Å². The Labute approximate surface area is 183 Å². The molecule has 0 bridgehead atoms. The Kier molecular flexibility index (Phi) is 7.27. The largest absolute Gasteiger partial charge is 0.403 e. The molecule has 7 heteroatoms. The summed E-state index contributed by atoms with van der Waals surface area (Å²) in [6, 6.07) is 11.3. The summed E-state index contributed by atoms with van der Waals surface area (Å²) in [6.07, 6.45) is 4.56. The second-order valence-corrected chi connectivity index (χ2v) is 8.19. The molecule has 146 valence electrons. The van der Waals surface area contributed by atoms with Gasteiger partial charge in [-0.25, -0.2) is 0 Å². The highest BCUT2D eigenvalue weighted by atomic mass is 35.5.